The van der Waals surface area contributed by atoms with Crippen LogP contribution >= 0.6 is 11.6 Å². The molecule has 0 saturated heterocycles. The fraction of sp³-hybridized carbons (Fsp3) is 0.231. The molecule has 0 aliphatic heterocycles. The van der Waals surface area contributed by atoms with Crippen LogP contribution in [0.25, 0.3) is 11.3 Å². The summed E-state index contributed by atoms with van der Waals surface area (Å²) in [4.78, 5) is 10.9. The zero-order chi connectivity index (χ0) is 13.1. The maximum absolute atomic E-state index is 10.9. The summed E-state index contributed by atoms with van der Waals surface area (Å²) in [6, 6.07) is 8.88. The smallest absolute Gasteiger partial charge is 0.290 e. The highest BCUT2D eigenvalue weighted by atomic mass is 35.5. The van der Waals surface area contributed by atoms with Gasteiger partial charge < -0.3 is 9.26 Å². The minimum absolute atomic E-state index is 0.0363. The second kappa shape index (κ2) is 5.23. The van der Waals surface area contributed by atoms with Crippen LogP contribution in [0.3, 0.4) is 0 Å². The van der Waals surface area contributed by atoms with Crippen molar-refractivity contribution in [2.45, 2.75) is 20.0 Å². The van der Waals surface area contributed by atoms with Gasteiger partial charge in [-0.15, -0.1) is 0 Å². The first-order chi connectivity index (χ1) is 8.56. The molecule has 4 nitrogen and oxygen atoms in total. The molecule has 5 heteroatoms. The highest BCUT2D eigenvalue weighted by Crippen LogP contribution is 2.23. The molecule has 0 unspecified atom stereocenters. The fourth-order valence-electron chi connectivity index (χ4n) is 1.48. The van der Waals surface area contributed by atoms with Gasteiger partial charge in [-0.25, -0.2) is 0 Å². The summed E-state index contributed by atoms with van der Waals surface area (Å²) in [5.41, 5.74) is 1.40. The standard InChI is InChI=1S/C13H12ClNO3/c1-8(2)17-10-5-3-9(4-6-10)11-7-12(13(14)16)18-15-11/h3-8H,1-2H3. The summed E-state index contributed by atoms with van der Waals surface area (Å²) in [5.74, 6) is 0.820. The molecule has 0 atom stereocenters. The van der Waals surface area contributed by atoms with Gasteiger partial charge in [-0.05, 0) is 49.7 Å². The van der Waals surface area contributed by atoms with Gasteiger partial charge in [0.15, 0.2) is 0 Å². The SMILES string of the molecule is CC(C)Oc1ccc(-c2cc(C(=O)Cl)on2)cc1. The summed E-state index contributed by atoms with van der Waals surface area (Å²) in [6.45, 7) is 3.92. The van der Waals surface area contributed by atoms with Gasteiger partial charge in [-0.3, -0.25) is 4.79 Å². The van der Waals surface area contributed by atoms with Crippen molar-refractivity contribution in [3.8, 4) is 17.0 Å². The molecule has 0 amide bonds. The Bertz CT molecular complexity index is 546. The lowest BCUT2D eigenvalue weighted by Gasteiger charge is -2.09. The Kier molecular flexibility index (Phi) is 3.67. The molecule has 0 saturated carbocycles. The van der Waals surface area contributed by atoms with Crippen LogP contribution in [0.5, 0.6) is 5.75 Å². The van der Waals surface area contributed by atoms with E-state index in [4.69, 9.17) is 20.9 Å². The van der Waals surface area contributed by atoms with Gasteiger partial charge >= 0.3 is 0 Å². The van der Waals surface area contributed by atoms with Crippen LogP contribution in [0, 0.1) is 0 Å². The topological polar surface area (TPSA) is 52.3 Å². The zero-order valence-corrected chi connectivity index (χ0v) is 10.8. The third-order valence-corrected chi connectivity index (χ3v) is 2.41. The van der Waals surface area contributed by atoms with E-state index < -0.39 is 5.24 Å². The number of carbonyl (C=O) groups excluding carboxylic acids is 1. The van der Waals surface area contributed by atoms with Crippen molar-refractivity contribution in [2.24, 2.45) is 0 Å². The predicted octanol–water partition coefficient (Wildman–Crippen LogP) is 3.51. The quantitative estimate of drug-likeness (QED) is 0.794. The summed E-state index contributed by atoms with van der Waals surface area (Å²) in [5, 5.41) is 3.12. The minimum atomic E-state index is -0.659. The van der Waals surface area contributed by atoms with Crippen molar-refractivity contribution in [3.63, 3.8) is 0 Å². The van der Waals surface area contributed by atoms with Crippen molar-refractivity contribution in [3.05, 3.63) is 36.1 Å². The van der Waals surface area contributed by atoms with Crippen LogP contribution < -0.4 is 4.74 Å². The molecule has 0 spiro atoms. The van der Waals surface area contributed by atoms with E-state index in [2.05, 4.69) is 5.16 Å². The number of nitrogens with zero attached hydrogens (tertiary/aromatic N) is 1. The second-order valence-electron chi connectivity index (χ2n) is 4.04. The average Bonchev–Trinajstić information content (AvgIpc) is 2.78. The number of ether oxygens (including phenoxy) is 1. The molecule has 1 heterocycles. The van der Waals surface area contributed by atoms with E-state index in [9.17, 15) is 4.79 Å². The molecule has 0 N–H and O–H groups in total. The highest BCUT2D eigenvalue weighted by molar-refractivity contribution is 6.67. The van der Waals surface area contributed by atoms with Crippen LogP contribution in [0.15, 0.2) is 34.9 Å². The molecule has 2 rings (SSSR count). The van der Waals surface area contributed by atoms with Gasteiger partial charge in [0, 0.05) is 11.6 Å². The monoisotopic (exact) mass is 265 g/mol. The first-order valence-electron chi connectivity index (χ1n) is 5.50. The maximum Gasteiger partial charge on any atom is 0.290 e. The van der Waals surface area contributed by atoms with Crippen molar-refractivity contribution < 1.29 is 14.1 Å². The largest absolute Gasteiger partial charge is 0.491 e. The number of benzene rings is 1. The normalized spacial score (nSPS) is 10.7. The third-order valence-electron chi connectivity index (χ3n) is 2.23. The molecule has 0 aliphatic rings. The number of rotatable bonds is 4. The Balaban J connectivity index is 2.20. The first kappa shape index (κ1) is 12.6. The van der Waals surface area contributed by atoms with Crippen LogP contribution in [0.4, 0.5) is 0 Å². The van der Waals surface area contributed by atoms with Gasteiger partial charge in [-0.2, -0.15) is 0 Å². The molecule has 2 aromatic rings. The number of aromatic nitrogens is 1. The third kappa shape index (κ3) is 2.90. The van der Waals surface area contributed by atoms with E-state index in [1.54, 1.807) is 0 Å². The maximum atomic E-state index is 10.9. The molecule has 18 heavy (non-hydrogen) atoms. The van der Waals surface area contributed by atoms with Crippen LogP contribution in [-0.4, -0.2) is 16.5 Å². The number of hydrogen-bond acceptors (Lipinski definition) is 4. The van der Waals surface area contributed by atoms with Crippen molar-refractivity contribution in [2.75, 3.05) is 0 Å². The van der Waals surface area contributed by atoms with Crippen molar-refractivity contribution in [1.82, 2.24) is 5.16 Å². The van der Waals surface area contributed by atoms with Crippen LogP contribution in [-0.2, 0) is 0 Å². The van der Waals surface area contributed by atoms with E-state index in [0.29, 0.717) is 5.69 Å². The van der Waals surface area contributed by atoms with E-state index in [1.807, 2.05) is 38.1 Å². The number of carbonyl (C=O) groups is 1. The summed E-state index contributed by atoms with van der Waals surface area (Å²) < 4.78 is 10.3. The molecular weight excluding hydrogens is 254 g/mol. The lowest BCUT2D eigenvalue weighted by atomic mass is 10.1. The summed E-state index contributed by atoms with van der Waals surface area (Å²) in [6.07, 6.45) is 0.128. The molecule has 0 radical (unpaired) electrons. The minimum Gasteiger partial charge on any atom is -0.491 e. The highest BCUT2D eigenvalue weighted by Gasteiger charge is 2.11. The van der Waals surface area contributed by atoms with Crippen LogP contribution in [0.2, 0.25) is 0 Å². The van der Waals surface area contributed by atoms with E-state index in [1.165, 1.54) is 6.07 Å². The first-order valence-corrected chi connectivity index (χ1v) is 5.87. The molecule has 1 aromatic heterocycles. The predicted molar refractivity (Wildman–Crippen MR) is 67.9 cm³/mol. The lowest BCUT2D eigenvalue weighted by molar-refractivity contribution is 0.104. The molecule has 0 fully saturated rings. The Morgan fingerprint density at radius 2 is 2.00 bits per heavy atom. The van der Waals surface area contributed by atoms with Gasteiger partial charge in [0.25, 0.3) is 5.24 Å². The van der Waals surface area contributed by atoms with E-state index in [0.717, 1.165) is 11.3 Å². The Hall–Kier alpha value is -1.81. The molecule has 0 bridgehead atoms. The van der Waals surface area contributed by atoms with E-state index in [-0.39, 0.29) is 11.9 Å². The Labute approximate surface area is 109 Å². The number of halogens is 1. The van der Waals surface area contributed by atoms with Gasteiger partial charge in [-0.1, -0.05) is 5.16 Å². The van der Waals surface area contributed by atoms with Gasteiger partial charge in [0.2, 0.25) is 5.76 Å². The molecule has 94 valence electrons. The summed E-state index contributed by atoms with van der Waals surface area (Å²) >= 11 is 5.29. The van der Waals surface area contributed by atoms with Crippen molar-refractivity contribution in [1.29, 1.82) is 0 Å². The van der Waals surface area contributed by atoms with Gasteiger partial charge in [0.1, 0.15) is 11.4 Å². The second-order valence-corrected chi connectivity index (χ2v) is 4.38. The van der Waals surface area contributed by atoms with Gasteiger partial charge in [0.05, 0.1) is 6.10 Å². The molecule has 1 aromatic carbocycles. The molecule has 0 aliphatic carbocycles. The summed E-state index contributed by atoms with van der Waals surface area (Å²) in [7, 11) is 0. The molecular formula is C13H12ClNO3. The zero-order valence-electron chi connectivity index (χ0n) is 10.0. The van der Waals surface area contributed by atoms with E-state index >= 15 is 0 Å². The Morgan fingerprint density at radius 3 is 2.50 bits per heavy atom. The number of hydrogen-bond donors (Lipinski definition) is 0. The lowest BCUT2D eigenvalue weighted by Crippen LogP contribution is -2.05. The van der Waals surface area contributed by atoms with Crippen LogP contribution in [0.1, 0.15) is 24.4 Å². The Morgan fingerprint density at radius 1 is 1.33 bits per heavy atom. The fourth-order valence-corrected chi connectivity index (χ4v) is 1.57. The van der Waals surface area contributed by atoms with Crippen molar-refractivity contribution >= 4 is 16.8 Å². The average molecular weight is 266 g/mol.